The number of anilines is 2. The third-order valence-corrected chi connectivity index (χ3v) is 3.92. The molecule has 0 spiro atoms. The van der Waals surface area contributed by atoms with Crippen molar-refractivity contribution in [2.24, 2.45) is 0 Å². The van der Waals surface area contributed by atoms with Crippen LogP contribution in [0.1, 0.15) is 32.5 Å². The number of nitrogens with one attached hydrogen (secondary N) is 2. The molecule has 0 unspecified atom stereocenters. The molecule has 0 bridgehead atoms. The standard InChI is InChI=1S/C21H22N4O4/c1-13(2)20-24-21(29-25-20)15-4-10-18(11-5-15)28-12-19(27)23-17-8-6-16(7-9-17)22-14(3)26/h4-11,13H,12H2,1-3H3,(H,22,26)(H,23,27). The summed E-state index contributed by atoms with van der Waals surface area (Å²) < 4.78 is 10.8. The Balaban J connectivity index is 1.51. The summed E-state index contributed by atoms with van der Waals surface area (Å²) in [6.07, 6.45) is 0. The average molecular weight is 394 g/mol. The number of carbonyl (C=O) groups is 2. The number of hydrogen-bond donors (Lipinski definition) is 2. The van der Waals surface area contributed by atoms with Crippen LogP contribution < -0.4 is 15.4 Å². The molecule has 2 N–H and O–H groups in total. The molecule has 0 aliphatic rings. The van der Waals surface area contributed by atoms with Crippen molar-refractivity contribution in [3.05, 3.63) is 54.4 Å². The zero-order valence-electron chi connectivity index (χ0n) is 16.4. The second-order valence-corrected chi connectivity index (χ2v) is 6.73. The lowest BCUT2D eigenvalue weighted by molar-refractivity contribution is -0.118. The van der Waals surface area contributed by atoms with Gasteiger partial charge in [0.2, 0.25) is 5.91 Å². The minimum atomic E-state index is -0.292. The van der Waals surface area contributed by atoms with E-state index in [-0.39, 0.29) is 24.3 Å². The van der Waals surface area contributed by atoms with Crippen LogP contribution in [-0.2, 0) is 9.59 Å². The smallest absolute Gasteiger partial charge is 0.262 e. The number of benzene rings is 2. The first kappa shape index (κ1) is 20.1. The molecular weight excluding hydrogens is 372 g/mol. The predicted octanol–water partition coefficient (Wildman–Crippen LogP) is 3.84. The monoisotopic (exact) mass is 394 g/mol. The number of aromatic nitrogens is 2. The van der Waals surface area contributed by atoms with Gasteiger partial charge in [0.1, 0.15) is 5.75 Å². The molecule has 3 rings (SSSR count). The number of ether oxygens (including phenoxy) is 1. The van der Waals surface area contributed by atoms with Gasteiger partial charge in [-0.25, -0.2) is 0 Å². The van der Waals surface area contributed by atoms with Crippen molar-refractivity contribution in [2.75, 3.05) is 17.2 Å². The molecule has 150 valence electrons. The molecule has 0 aliphatic carbocycles. The Morgan fingerprint density at radius 1 is 1.00 bits per heavy atom. The van der Waals surface area contributed by atoms with Gasteiger partial charge < -0.3 is 19.9 Å². The fourth-order valence-electron chi connectivity index (χ4n) is 2.47. The van der Waals surface area contributed by atoms with Gasteiger partial charge in [-0.15, -0.1) is 0 Å². The maximum Gasteiger partial charge on any atom is 0.262 e. The van der Waals surface area contributed by atoms with Crippen molar-refractivity contribution in [1.82, 2.24) is 10.1 Å². The summed E-state index contributed by atoms with van der Waals surface area (Å²) in [6.45, 7) is 5.29. The van der Waals surface area contributed by atoms with E-state index in [1.165, 1.54) is 6.92 Å². The van der Waals surface area contributed by atoms with E-state index in [1.54, 1.807) is 48.5 Å². The first-order valence-electron chi connectivity index (χ1n) is 9.15. The summed E-state index contributed by atoms with van der Waals surface area (Å²) in [4.78, 5) is 27.4. The van der Waals surface area contributed by atoms with Crippen molar-refractivity contribution < 1.29 is 18.8 Å². The lowest BCUT2D eigenvalue weighted by Gasteiger charge is -2.08. The summed E-state index contributed by atoms with van der Waals surface area (Å²) in [6, 6.07) is 13.9. The van der Waals surface area contributed by atoms with Crippen LogP contribution in [0.5, 0.6) is 5.75 Å². The van der Waals surface area contributed by atoms with Gasteiger partial charge in [-0.2, -0.15) is 4.98 Å². The fourth-order valence-corrected chi connectivity index (χ4v) is 2.47. The summed E-state index contributed by atoms with van der Waals surface area (Å²) in [5.41, 5.74) is 2.05. The first-order valence-corrected chi connectivity index (χ1v) is 9.15. The SMILES string of the molecule is CC(=O)Nc1ccc(NC(=O)COc2ccc(-c3nc(C(C)C)no3)cc2)cc1. The first-order chi connectivity index (χ1) is 13.9. The van der Waals surface area contributed by atoms with Crippen molar-refractivity contribution in [2.45, 2.75) is 26.7 Å². The second kappa shape index (κ2) is 9.01. The van der Waals surface area contributed by atoms with Crippen LogP contribution in [0.4, 0.5) is 11.4 Å². The van der Waals surface area contributed by atoms with Crippen LogP contribution in [0.15, 0.2) is 53.1 Å². The molecule has 0 saturated carbocycles. The van der Waals surface area contributed by atoms with E-state index >= 15 is 0 Å². The summed E-state index contributed by atoms with van der Waals surface area (Å²) in [5, 5.41) is 9.34. The van der Waals surface area contributed by atoms with Crippen molar-refractivity contribution >= 4 is 23.2 Å². The molecule has 1 aromatic heterocycles. The van der Waals surface area contributed by atoms with E-state index in [0.29, 0.717) is 28.8 Å². The molecule has 0 saturated heterocycles. The van der Waals surface area contributed by atoms with Gasteiger partial charge >= 0.3 is 0 Å². The third kappa shape index (κ3) is 5.65. The highest BCUT2D eigenvalue weighted by molar-refractivity contribution is 5.93. The highest BCUT2D eigenvalue weighted by Crippen LogP contribution is 2.22. The average Bonchev–Trinajstić information content (AvgIpc) is 3.18. The molecule has 0 radical (unpaired) electrons. The Bertz CT molecular complexity index is 979. The number of carbonyl (C=O) groups excluding carboxylic acids is 2. The molecule has 0 atom stereocenters. The van der Waals surface area contributed by atoms with Crippen molar-refractivity contribution in [1.29, 1.82) is 0 Å². The van der Waals surface area contributed by atoms with Crippen LogP contribution in [0.25, 0.3) is 11.5 Å². The molecule has 1 heterocycles. The lowest BCUT2D eigenvalue weighted by atomic mass is 10.2. The highest BCUT2D eigenvalue weighted by Gasteiger charge is 2.11. The summed E-state index contributed by atoms with van der Waals surface area (Å²) in [7, 11) is 0. The van der Waals surface area contributed by atoms with Crippen LogP contribution in [0, 0.1) is 0 Å². The maximum absolute atomic E-state index is 12.1. The molecule has 29 heavy (non-hydrogen) atoms. The van der Waals surface area contributed by atoms with Crippen LogP contribution in [-0.4, -0.2) is 28.6 Å². The van der Waals surface area contributed by atoms with E-state index < -0.39 is 0 Å². The Labute approximate surface area is 168 Å². The molecule has 8 nitrogen and oxygen atoms in total. The van der Waals surface area contributed by atoms with E-state index in [0.717, 1.165) is 5.56 Å². The van der Waals surface area contributed by atoms with Gasteiger partial charge in [-0.05, 0) is 48.5 Å². The maximum atomic E-state index is 12.1. The molecule has 8 heteroatoms. The lowest BCUT2D eigenvalue weighted by Crippen LogP contribution is -2.20. The predicted molar refractivity (Wildman–Crippen MR) is 109 cm³/mol. The van der Waals surface area contributed by atoms with E-state index in [2.05, 4.69) is 20.8 Å². The van der Waals surface area contributed by atoms with Gasteiger partial charge in [0.05, 0.1) is 0 Å². The molecule has 0 aliphatic heterocycles. The van der Waals surface area contributed by atoms with E-state index in [1.807, 2.05) is 13.8 Å². The van der Waals surface area contributed by atoms with Gasteiger partial charge in [0.25, 0.3) is 11.8 Å². The normalized spacial score (nSPS) is 10.6. The number of nitrogens with zero attached hydrogens (tertiary/aromatic N) is 2. The van der Waals surface area contributed by atoms with Gasteiger partial charge in [-0.1, -0.05) is 19.0 Å². The second-order valence-electron chi connectivity index (χ2n) is 6.73. The molecule has 3 aromatic rings. The summed E-state index contributed by atoms with van der Waals surface area (Å²) in [5.74, 6) is 1.40. The molecule has 2 aromatic carbocycles. The Morgan fingerprint density at radius 2 is 1.62 bits per heavy atom. The Kier molecular flexibility index (Phi) is 6.23. The van der Waals surface area contributed by atoms with Gasteiger partial charge in [0.15, 0.2) is 12.4 Å². The molecular formula is C21H22N4O4. The molecule has 0 fully saturated rings. The van der Waals surface area contributed by atoms with E-state index in [4.69, 9.17) is 9.26 Å². The minimum absolute atomic E-state index is 0.134. The Hall–Kier alpha value is -3.68. The number of amides is 2. The van der Waals surface area contributed by atoms with Gasteiger partial charge in [0, 0.05) is 29.8 Å². The number of rotatable bonds is 7. The summed E-state index contributed by atoms with van der Waals surface area (Å²) >= 11 is 0. The molecule has 2 amide bonds. The topological polar surface area (TPSA) is 106 Å². The highest BCUT2D eigenvalue weighted by atomic mass is 16.5. The fraction of sp³-hybridized carbons (Fsp3) is 0.238. The van der Waals surface area contributed by atoms with Crippen LogP contribution >= 0.6 is 0 Å². The quantitative estimate of drug-likeness (QED) is 0.631. The van der Waals surface area contributed by atoms with E-state index in [9.17, 15) is 9.59 Å². The van der Waals surface area contributed by atoms with Crippen LogP contribution in [0.2, 0.25) is 0 Å². The third-order valence-electron chi connectivity index (χ3n) is 3.92. The largest absolute Gasteiger partial charge is 0.484 e. The van der Waals surface area contributed by atoms with Crippen molar-refractivity contribution in [3.63, 3.8) is 0 Å². The van der Waals surface area contributed by atoms with Crippen molar-refractivity contribution in [3.8, 4) is 17.2 Å². The van der Waals surface area contributed by atoms with Crippen LogP contribution in [0.3, 0.4) is 0 Å². The zero-order valence-corrected chi connectivity index (χ0v) is 16.4. The minimum Gasteiger partial charge on any atom is -0.484 e. The van der Waals surface area contributed by atoms with Gasteiger partial charge in [-0.3, -0.25) is 9.59 Å². The number of hydrogen-bond acceptors (Lipinski definition) is 6. The Morgan fingerprint density at radius 3 is 2.17 bits per heavy atom. The zero-order chi connectivity index (χ0) is 20.8.